The molecule has 0 N–H and O–H groups in total. The van der Waals surface area contributed by atoms with Gasteiger partial charge in [0, 0.05) is 60.2 Å². The summed E-state index contributed by atoms with van der Waals surface area (Å²) in [7, 11) is 0. The van der Waals surface area contributed by atoms with Crippen LogP contribution in [-0.2, 0) is 5.41 Å². The molecular weight excluding hydrogens is 785 g/mol. The molecular formula is C59H36N2OS. The number of fused-ring (bicyclic) bond motifs is 14. The summed E-state index contributed by atoms with van der Waals surface area (Å²) in [6, 6.07) is 80.4. The number of nitrogens with zero attached hydrogens (tertiary/aromatic N) is 2. The number of benzene rings is 10. The van der Waals surface area contributed by atoms with Crippen LogP contribution >= 0.6 is 11.8 Å². The van der Waals surface area contributed by atoms with Crippen LogP contribution in [0.25, 0.3) is 71.3 Å². The maximum Gasteiger partial charge on any atom is 0.137 e. The van der Waals surface area contributed by atoms with Crippen molar-refractivity contribution in [1.82, 2.24) is 4.57 Å². The third kappa shape index (κ3) is 4.81. The van der Waals surface area contributed by atoms with Gasteiger partial charge in [-0.15, -0.1) is 0 Å². The molecule has 63 heavy (non-hydrogen) atoms. The topological polar surface area (TPSA) is 21.3 Å². The van der Waals surface area contributed by atoms with E-state index in [9.17, 15) is 0 Å². The first-order chi connectivity index (χ1) is 31.2. The maximum atomic E-state index is 6.56. The van der Waals surface area contributed by atoms with Crippen LogP contribution in [0.5, 0.6) is 0 Å². The van der Waals surface area contributed by atoms with Gasteiger partial charge in [-0.1, -0.05) is 151 Å². The van der Waals surface area contributed by atoms with E-state index in [4.69, 9.17) is 4.42 Å². The number of rotatable bonds is 4. The van der Waals surface area contributed by atoms with Crippen molar-refractivity contribution >= 4 is 83.3 Å². The second-order valence-corrected chi connectivity index (χ2v) is 17.9. The molecule has 1 spiro atoms. The summed E-state index contributed by atoms with van der Waals surface area (Å²) in [4.78, 5) is 4.94. The third-order valence-electron chi connectivity index (χ3n) is 13.6. The molecule has 4 heteroatoms. The van der Waals surface area contributed by atoms with Gasteiger partial charge in [-0.25, -0.2) is 0 Å². The van der Waals surface area contributed by atoms with Crippen LogP contribution in [0, 0.1) is 0 Å². The van der Waals surface area contributed by atoms with Crippen LogP contribution in [0.3, 0.4) is 0 Å². The summed E-state index contributed by atoms with van der Waals surface area (Å²) in [5.41, 5.74) is 15.8. The van der Waals surface area contributed by atoms with E-state index >= 15 is 0 Å². The van der Waals surface area contributed by atoms with Crippen molar-refractivity contribution in [3.8, 4) is 16.8 Å². The highest BCUT2D eigenvalue weighted by Crippen LogP contribution is 2.62. The van der Waals surface area contributed by atoms with Gasteiger partial charge in [-0.05, 0) is 117 Å². The van der Waals surface area contributed by atoms with E-state index in [2.05, 4.69) is 222 Å². The standard InChI is InChI=1S/C59H36N2OS/c1-2-16-38(17-3-1)61-52-25-9-5-19-43(52)47-34-39(30-33-53(47)61)60(40-28-31-45-44-20-6-10-26-54(44)62-55(45)35-40)41-29-32-50-57(36-41)63-56-27-11-8-23-49(56)59(50)48-22-7-4-18-42(48)46-21-12-14-37-15-13-24-51(59)58(37)46/h1-36H. The molecule has 0 saturated carbocycles. The van der Waals surface area contributed by atoms with Gasteiger partial charge in [0.25, 0.3) is 0 Å². The molecule has 3 nitrogen and oxygen atoms in total. The second kappa shape index (κ2) is 13.1. The molecule has 14 rings (SSSR count). The highest BCUT2D eigenvalue weighted by Gasteiger charge is 2.48. The first-order valence-electron chi connectivity index (χ1n) is 21.6. The molecule has 294 valence electrons. The second-order valence-electron chi connectivity index (χ2n) is 16.8. The minimum Gasteiger partial charge on any atom is -0.456 e. The SMILES string of the molecule is c1ccc(-n2c3ccccc3c3cc(N(c4ccc5c(c4)Sc4ccccc4C54c5ccccc5-c5cccc6cccc4c56)c4ccc5c(c4)oc4ccccc45)ccc32)cc1. The summed E-state index contributed by atoms with van der Waals surface area (Å²) >= 11 is 1.88. The molecule has 2 aromatic heterocycles. The van der Waals surface area contributed by atoms with Gasteiger partial charge in [-0.3, -0.25) is 0 Å². The predicted molar refractivity (Wildman–Crippen MR) is 262 cm³/mol. The molecule has 1 atom stereocenters. The monoisotopic (exact) mass is 820 g/mol. The summed E-state index contributed by atoms with van der Waals surface area (Å²) in [6.45, 7) is 0. The number of hydrogen-bond donors (Lipinski definition) is 0. The van der Waals surface area contributed by atoms with Crippen LogP contribution < -0.4 is 4.90 Å². The van der Waals surface area contributed by atoms with E-state index in [-0.39, 0.29) is 0 Å². The van der Waals surface area contributed by atoms with Crippen molar-refractivity contribution in [3.63, 3.8) is 0 Å². The Hall–Kier alpha value is -7.79. The minimum absolute atomic E-state index is 0.518. The van der Waals surface area contributed by atoms with Crippen LogP contribution in [0.1, 0.15) is 22.3 Å². The molecule has 12 aromatic rings. The van der Waals surface area contributed by atoms with Crippen molar-refractivity contribution in [2.75, 3.05) is 4.90 Å². The normalized spacial score (nSPS) is 15.0. The molecule has 0 saturated heterocycles. The van der Waals surface area contributed by atoms with E-state index in [0.717, 1.165) is 44.7 Å². The molecule has 0 amide bonds. The Morgan fingerprint density at radius 2 is 1.03 bits per heavy atom. The third-order valence-corrected chi connectivity index (χ3v) is 14.8. The average Bonchev–Trinajstić information content (AvgIpc) is 3.88. The van der Waals surface area contributed by atoms with Gasteiger partial charge in [0.15, 0.2) is 0 Å². The van der Waals surface area contributed by atoms with Crippen molar-refractivity contribution in [1.29, 1.82) is 0 Å². The van der Waals surface area contributed by atoms with E-state index in [0.29, 0.717) is 0 Å². The van der Waals surface area contributed by atoms with Crippen LogP contribution in [0.2, 0.25) is 0 Å². The Kier molecular flexibility index (Phi) is 7.26. The molecule has 1 aliphatic heterocycles. The van der Waals surface area contributed by atoms with Crippen LogP contribution in [0.4, 0.5) is 17.1 Å². The molecule has 2 aliphatic rings. The molecule has 0 bridgehead atoms. The van der Waals surface area contributed by atoms with Crippen molar-refractivity contribution in [3.05, 3.63) is 241 Å². The Morgan fingerprint density at radius 3 is 1.95 bits per heavy atom. The highest BCUT2D eigenvalue weighted by molar-refractivity contribution is 7.99. The molecule has 3 heterocycles. The fraction of sp³-hybridized carbons (Fsp3) is 0.0169. The summed E-state index contributed by atoms with van der Waals surface area (Å²) < 4.78 is 8.94. The highest BCUT2D eigenvalue weighted by atomic mass is 32.2. The lowest BCUT2D eigenvalue weighted by Crippen LogP contribution is -2.36. The molecule has 0 fully saturated rings. The molecule has 1 aliphatic carbocycles. The van der Waals surface area contributed by atoms with Gasteiger partial charge in [0.05, 0.1) is 16.4 Å². The van der Waals surface area contributed by atoms with E-state index < -0.39 is 5.41 Å². The van der Waals surface area contributed by atoms with Crippen molar-refractivity contribution in [2.45, 2.75) is 15.2 Å². The van der Waals surface area contributed by atoms with E-state index in [1.807, 2.05) is 17.8 Å². The first kappa shape index (κ1) is 34.9. The van der Waals surface area contributed by atoms with Gasteiger partial charge in [-0.2, -0.15) is 0 Å². The van der Waals surface area contributed by atoms with Crippen molar-refractivity contribution in [2.24, 2.45) is 0 Å². The first-order valence-corrected chi connectivity index (χ1v) is 22.4. The lowest BCUT2D eigenvalue weighted by molar-refractivity contribution is 0.669. The zero-order valence-electron chi connectivity index (χ0n) is 34.0. The van der Waals surface area contributed by atoms with Gasteiger partial charge in [0.1, 0.15) is 11.2 Å². The summed E-state index contributed by atoms with van der Waals surface area (Å²) in [5.74, 6) is 0. The molecule has 0 radical (unpaired) electrons. The molecule has 10 aromatic carbocycles. The zero-order chi connectivity index (χ0) is 41.2. The number of anilines is 3. The largest absolute Gasteiger partial charge is 0.456 e. The minimum atomic E-state index is -0.518. The van der Waals surface area contributed by atoms with Crippen LogP contribution in [-0.4, -0.2) is 4.57 Å². The van der Waals surface area contributed by atoms with E-state index in [1.165, 1.54) is 75.7 Å². The smallest absolute Gasteiger partial charge is 0.137 e. The lowest BCUT2D eigenvalue weighted by Gasteiger charge is -2.46. The Morgan fingerprint density at radius 1 is 0.397 bits per heavy atom. The summed E-state index contributed by atoms with van der Waals surface area (Å²) in [6.07, 6.45) is 0. The number of aromatic nitrogens is 1. The fourth-order valence-corrected chi connectivity index (χ4v) is 12.3. The van der Waals surface area contributed by atoms with Gasteiger partial charge >= 0.3 is 0 Å². The van der Waals surface area contributed by atoms with Gasteiger partial charge < -0.3 is 13.9 Å². The zero-order valence-corrected chi connectivity index (χ0v) is 34.8. The average molecular weight is 821 g/mol. The predicted octanol–water partition coefficient (Wildman–Crippen LogP) is 16.1. The quantitative estimate of drug-likeness (QED) is 0.176. The summed E-state index contributed by atoms with van der Waals surface area (Å²) in [5, 5.41) is 7.26. The Labute approximate surface area is 368 Å². The molecule has 1 unspecified atom stereocenters. The number of furan rings is 1. The van der Waals surface area contributed by atoms with Crippen LogP contribution in [0.15, 0.2) is 233 Å². The maximum absolute atomic E-state index is 6.56. The Balaban J connectivity index is 1.03. The Bertz CT molecular complexity index is 3860. The fourth-order valence-electron chi connectivity index (χ4n) is 11.1. The lowest BCUT2D eigenvalue weighted by atomic mass is 9.59. The van der Waals surface area contributed by atoms with E-state index in [1.54, 1.807) is 0 Å². The van der Waals surface area contributed by atoms with Gasteiger partial charge in [0.2, 0.25) is 0 Å². The van der Waals surface area contributed by atoms with Crippen molar-refractivity contribution < 1.29 is 4.42 Å². The number of para-hydroxylation sites is 3. The number of hydrogen-bond acceptors (Lipinski definition) is 3.